The Morgan fingerprint density at radius 3 is 2.72 bits per heavy atom. The van der Waals surface area contributed by atoms with Gasteiger partial charge in [-0.2, -0.15) is 0 Å². The number of carbonyl (C=O) groups is 2. The molecule has 8 heteroatoms. The minimum atomic E-state index is -0.270. The van der Waals surface area contributed by atoms with E-state index in [1.54, 1.807) is 24.3 Å². The van der Waals surface area contributed by atoms with Crippen LogP contribution in [-0.4, -0.2) is 40.0 Å². The van der Waals surface area contributed by atoms with Gasteiger partial charge < -0.3 is 5.32 Å². The normalized spacial score (nSPS) is 14.9. The lowest BCUT2D eigenvalue weighted by molar-refractivity contribution is -0.114. The van der Waals surface area contributed by atoms with Crippen LogP contribution in [0.4, 0.5) is 10.8 Å². The number of aromatic nitrogens is 2. The molecule has 2 N–H and O–H groups in total. The molecule has 0 unspecified atom stereocenters. The number of piperidine rings is 1. The number of nitrogens with zero attached hydrogens (tertiary/aromatic N) is 3. The Kier molecular flexibility index (Phi) is 5.72. The zero-order valence-corrected chi connectivity index (χ0v) is 14.9. The highest BCUT2D eigenvalue weighted by Gasteiger charge is 2.15. The topological polar surface area (TPSA) is 87.2 Å². The van der Waals surface area contributed by atoms with Crippen molar-refractivity contribution in [3.63, 3.8) is 0 Å². The van der Waals surface area contributed by atoms with Crippen molar-refractivity contribution in [2.75, 3.05) is 23.7 Å². The third kappa shape index (κ3) is 5.07. The van der Waals surface area contributed by atoms with E-state index in [1.807, 2.05) is 0 Å². The van der Waals surface area contributed by atoms with Gasteiger partial charge in [0.05, 0.1) is 6.54 Å². The van der Waals surface area contributed by atoms with Crippen LogP contribution >= 0.6 is 11.3 Å². The van der Waals surface area contributed by atoms with Gasteiger partial charge in [0.25, 0.3) is 5.91 Å². The van der Waals surface area contributed by atoms with E-state index < -0.39 is 0 Å². The van der Waals surface area contributed by atoms with E-state index in [4.69, 9.17) is 0 Å². The number of anilines is 2. The lowest BCUT2D eigenvalue weighted by atomic mass is 10.1. The summed E-state index contributed by atoms with van der Waals surface area (Å²) in [6.45, 7) is 4.40. The average Bonchev–Trinajstić information content (AvgIpc) is 3.02. The molecule has 132 valence electrons. The van der Waals surface area contributed by atoms with Crippen LogP contribution in [0.3, 0.4) is 0 Å². The first-order valence-electron chi connectivity index (χ1n) is 8.34. The molecule has 2 heterocycles. The third-order valence-electron chi connectivity index (χ3n) is 3.94. The van der Waals surface area contributed by atoms with Crippen molar-refractivity contribution >= 4 is 34.0 Å². The van der Waals surface area contributed by atoms with E-state index >= 15 is 0 Å². The molecule has 0 saturated carbocycles. The van der Waals surface area contributed by atoms with Gasteiger partial charge in [0.15, 0.2) is 0 Å². The molecule has 0 aliphatic carbocycles. The van der Waals surface area contributed by atoms with Gasteiger partial charge >= 0.3 is 0 Å². The number of likely N-dealkylation sites (tertiary alicyclic amines) is 1. The predicted molar refractivity (Wildman–Crippen MR) is 97.7 cm³/mol. The van der Waals surface area contributed by atoms with Crippen LogP contribution in [0.25, 0.3) is 0 Å². The van der Waals surface area contributed by atoms with E-state index in [-0.39, 0.29) is 11.8 Å². The Morgan fingerprint density at radius 1 is 1.16 bits per heavy atom. The number of hydrogen-bond acceptors (Lipinski definition) is 6. The second-order valence-electron chi connectivity index (χ2n) is 6.05. The van der Waals surface area contributed by atoms with Gasteiger partial charge in [-0.15, -0.1) is 10.2 Å². The summed E-state index contributed by atoms with van der Waals surface area (Å²) in [6.07, 6.45) is 3.76. The van der Waals surface area contributed by atoms with E-state index in [0.717, 1.165) is 24.6 Å². The van der Waals surface area contributed by atoms with Crippen LogP contribution in [0.2, 0.25) is 0 Å². The van der Waals surface area contributed by atoms with E-state index in [9.17, 15) is 9.59 Å². The molecular formula is C17H21N5O2S. The first-order chi connectivity index (χ1) is 12.1. The SMILES string of the molecule is CC(=O)Nc1cccc(C(=O)Nc2nnc(CN3CCCCC3)s2)c1. The molecule has 1 saturated heterocycles. The molecule has 0 bridgehead atoms. The summed E-state index contributed by atoms with van der Waals surface area (Å²) in [5, 5.41) is 15.1. The Bertz CT molecular complexity index is 755. The average molecular weight is 359 g/mol. The Morgan fingerprint density at radius 2 is 1.96 bits per heavy atom. The molecule has 1 aromatic carbocycles. The molecule has 25 heavy (non-hydrogen) atoms. The molecule has 7 nitrogen and oxygen atoms in total. The maximum Gasteiger partial charge on any atom is 0.257 e. The van der Waals surface area contributed by atoms with Gasteiger partial charge in [0.2, 0.25) is 11.0 Å². The van der Waals surface area contributed by atoms with Gasteiger partial charge in [0, 0.05) is 18.2 Å². The quantitative estimate of drug-likeness (QED) is 0.857. The molecule has 0 atom stereocenters. The van der Waals surface area contributed by atoms with Crippen molar-refractivity contribution in [2.24, 2.45) is 0 Å². The van der Waals surface area contributed by atoms with Gasteiger partial charge in [-0.1, -0.05) is 23.8 Å². The standard InChI is InChI=1S/C17H21N5O2S/c1-12(23)18-14-7-5-6-13(10-14)16(24)19-17-21-20-15(25-17)11-22-8-3-2-4-9-22/h5-7,10H,2-4,8-9,11H2,1H3,(H,18,23)(H,19,21,24). The number of hydrogen-bond donors (Lipinski definition) is 2. The summed E-state index contributed by atoms with van der Waals surface area (Å²) in [5.41, 5.74) is 1.04. The smallest absolute Gasteiger partial charge is 0.257 e. The molecular weight excluding hydrogens is 338 g/mol. The summed E-state index contributed by atoms with van der Waals surface area (Å²) in [6, 6.07) is 6.78. The molecule has 2 aromatic rings. The Hall–Kier alpha value is -2.32. The minimum absolute atomic E-state index is 0.177. The van der Waals surface area contributed by atoms with Crippen molar-refractivity contribution in [1.29, 1.82) is 0 Å². The maximum atomic E-state index is 12.4. The number of amides is 2. The zero-order valence-electron chi connectivity index (χ0n) is 14.1. The van der Waals surface area contributed by atoms with Crippen molar-refractivity contribution in [1.82, 2.24) is 15.1 Å². The highest BCUT2D eigenvalue weighted by atomic mass is 32.1. The number of nitrogens with one attached hydrogen (secondary N) is 2. The maximum absolute atomic E-state index is 12.4. The van der Waals surface area contributed by atoms with Crippen molar-refractivity contribution in [3.8, 4) is 0 Å². The van der Waals surface area contributed by atoms with Crippen LogP contribution in [0.15, 0.2) is 24.3 Å². The Labute approximate surface area is 150 Å². The molecule has 1 aromatic heterocycles. The number of benzene rings is 1. The number of carbonyl (C=O) groups excluding carboxylic acids is 2. The fourth-order valence-electron chi connectivity index (χ4n) is 2.79. The molecule has 0 spiro atoms. The molecule has 1 aliphatic heterocycles. The van der Waals surface area contributed by atoms with E-state index in [0.29, 0.717) is 16.4 Å². The van der Waals surface area contributed by atoms with E-state index in [1.165, 1.54) is 37.5 Å². The minimum Gasteiger partial charge on any atom is -0.326 e. The summed E-state index contributed by atoms with van der Waals surface area (Å²) in [4.78, 5) is 25.8. The molecule has 1 fully saturated rings. The molecule has 0 radical (unpaired) electrons. The zero-order chi connectivity index (χ0) is 17.6. The summed E-state index contributed by atoms with van der Waals surface area (Å²) in [5.74, 6) is -0.447. The highest BCUT2D eigenvalue weighted by molar-refractivity contribution is 7.15. The van der Waals surface area contributed by atoms with Crippen LogP contribution in [0, 0.1) is 0 Å². The van der Waals surface area contributed by atoms with Crippen molar-refractivity contribution in [3.05, 3.63) is 34.8 Å². The van der Waals surface area contributed by atoms with Crippen molar-refractivity contribution in [2.45, 2.75) is 32.7 Å². The van der Waals surface area contributed by atoms with Gasteiger partial charge in [-0.3, -0.25) is 19.8 Å². The first kappa shape index (κ1) is 17.5. The van der Waals surface area contributed by atoms with Gasteiger partial charge in [0.1, 0.15) is 5.01 Å². The second kappa shape index (κ2) is 8.17. The fourth-order valence-corrected chi connectivity index (χ4v) is 3.56. The van der Waals surface area contributed by atoms with Crippen LogP contribution in [0.1, 0.15) is 41.6 Å². The second-order valence-corrected chi connectivity index (χ2v) is 7.12. The van der Waals surface area contributed by atoms with Crippen LogP contribution in [0.5, 0.6) is 0 Å². The van der Waals surface area contributed by atoms with Gasteiger partial charge in [-0.05, 0) is 44.1 Å². The first-order valence-corrected chi connectivity index (χ1v) is 9.15. The van der Waals surface area contributed by atoms with Crippen molar-refractivity contribution < 1.29 is 9.59 Å². The van der Waals surface area contributed by atoms with E-state index in [2.05, 4.69) is 25.7 Å². The highest BCUT2D eigenvalue weighted by Crippen LogP contribution is 2.20. The largest absolute Gasteiger partial charge is 0.326 e. The molecule has 1 aliphatic rings. The van der Waals surface area contributed by atoms with Gasteiger partial charge in [-0.25, -0.2) is 0 Å². The monoisotopic (exact) mass is 359 g/mol. The fraction of sp³-hybridized carbons (Fsp3) is 0.412. The summed E-state index contributed by atoms with van der Waals surface area (Å²) in [7, 11) is 0. The summed E-state index contributed by atoms with van der Waals surface area (Å²) >= 11 is 1.40. The third-order valence-corrected chi connectivity index (χ3v) is 4.76. The number of rotatable bonds is 5. The Balaban J connectivity index is 1.60. The lowest BCUT2D eigenvalue weighted by Crippen LogP contribution is -2.28. The predicted octanol–water partition coefficient (Wildman–Crippen LogP) is 2.73. The molecule has 2 amide bonds. The van der Waals surface area contributed by atoms with Crippen LogP contribution < -0.4 is 10.6 Å². The molecule has 3 rings (SSSR count). The lowest BCUT2D eigenvalue weighted by Gasteiger charge is -2.24. The van der Waals surface area contributed by atoms with Crippen LogP contribution in [-0.2, 0) is 11.3 Å². The summed E-state index contributed by atoms with van der Waals surface area (Å²) < 4.78 is 0.